The highest BCUT2D eigenvalue weighted by Crippen LogP contribution is 2.59. The highest BCUT2D eigenvalue weighted by atomic mass is 79.9. The summed E-state index contributed by atoms with van der Waals surface area (Å²) in [7, 11) is 0. The Morgan fingerprint density at radius 2 is 0.619 bits per heavy atom. The fourth-order valence-electron chi connectivity index (χ4n) is 3.58. The second kappa shape index (κ2) is 17.4. The number of nitrogens with zero attached hydrogens (tertiary/aromatic N) is 3. The number of aromatic nitrogens is 3. The quantitative estimate of drug-likeness (QED) is 0.164. The predicted octanol–water partition coefficient (Wildman–Crippen LogP) is 12.5. The molecular weight excluding hydrogens is 1540 g/mol. The summed E-state index contributed by atoms with van der Waals surface area (Å²) in [4.78, 5) is 42.7. The fraction of sp³-hybridized carbons (Fsp3) is 0.857. The maximum absolute atomic E-state index is 14.5. The van der Waals surface area contributed by atoms with Gasteiger partial charge in [-0.2, -0.15) is 0 Å². The van der Waals surface area contributed by atoms with Gasteiger partial charge in [0, 0.05) is 14.5 Å². The molecule has 3 atom stereocenters. The standard InChI is InChI=1S/C21H24Br15N3O3/c1-4-7-10(22)16(25,26)19(31,32)37-13(40)38(20(33,34)17(27,28)11(23)8-5-2)15(42)39(14(37)41)21(35,36)18(29,30)12(24)9-6-3/h10-12H,4-9H2,1-3H3. The molecule has 246 valence electrons. The molecule has 3 unspecified atom stereocenters. The highest BCUT2D eigenvalue weighted by Gasteiger charge is 2.59. The van der Waals surface area contributed by atoms with Gasteiger partial charge in [0.15, 0.2) is 10.1 Å². The summed E-state index contributed by atoms with van der Waals surface area (Å²) in [6.07, 6.45) is 4.43. The SMILES string of the molecule is CCCC(Br)C(Br)(Br)C(Br)(Br)n1c(=O)n(C(Br)(Br)C(Br)(Br)C(Br)CCC)c(=O)n(C(Br)(Br)C(Br)(Br)C(Br)CCC)c1=O. The summed E-state index contributed by atoms with van der Waals surface area (Å²) < 4.78 is -5.56. The van der Waals surface area contributed by atoms with Crippen LogP contribution in [-0.4, -0.2) is 37.9 Å². The molecule has 0 fully saturated rings. The first-order valence-corrected chi connectivity index (χ1v) is 24.3. The number of rotatable bonds is 15. The maximum Gasteiger partial charge on any atom is 0.340 e. The van der Waals surface area contributed by atoms with E-state index in [9.17, 15) is 14.4 Å². The zero-order chi connectivity index (χ0) is 33.4. The lowest BCUT2D eigenvalue weighted by Gasteiger charge is -2.43. The smallest absolute Gasteiger partial charge is 0.247 e. The van der Waals surface area contributed by atoms with Gasteiger partial charge in [0.2, 0.25) is 0 Å². The molecule has 0 saturated carbocycles. The zero-order valence-corrected chi connectivity index (χ0v) is 45.5. The average molecular weight is 1570 g/mol. The van der Waals surface area contributed by atoms with E-state index >= 15 is 0 Å². The van der Waals surface area contributed by atoms with Crippen LogP contribution in [0.5, 0.6) is 0 Å². The van der Waals surface area contributed by atoms with E-state index in [1.807, 2.05) is 20.8 Å². The third-order valence-electron chi connectivity index (χ3n) is 6.00. The van der Waals surface area contributed by atoms with Gasteiger partial charge in [-0.15, -0.1) is 0 Å². The van der Waals surface area contributed by atoms with Crippen LogP contribution in [0.4, 0.5) is 0 Å². The number of hydrogen-bond acceptors (Lipinski definition) is 3. The fourth-order valence-corrected chi connectivity index (χ4v) is 13.7. The van der Waals surface area contributed by atoms with E-state index < -0.39 is 36.8 Å². The summed E-state index contributed by atoms with van der Waals surface area (Å²) in [5, 5.41) is 0. The van der Waals surface area contributed by atoms with Crippen molar-refractivity contribution in [3.05, 3.63) is 31.5 Å². The Hall–Kier alpha value is 5.61. The molecule has 0 radical (unpaired) electrons. The Morgan fingerprint density at radius 3 is 0.762 bits per heavy atom. The first-order chi connectivity index (χ1) is 18.8. The van der Waals surface area contributed by atoms with Gasteiger partial charge >= 0.3 is 17.1 Å². The Balaban J connectivity index is 4.54. The Morgan fingerprint density at radius 1 is 0.452 bits per heavy atom. The number of alkyl halides is 15. The van der Waals surface area contributed by atoms with Gasteiger partial charge in [-0.1, -0.05) is 183 Å². The van der Waals surface area contributed by atoms with Crippen LogP contribution < -0.4 is 17.1 Å². The summed E-state index contributed by atoms with van der Waals surface area (Å²) in [6.45, 7) is 6.04. The molecule has 0 aliphatic heterocycles. The average Bonchev–Trinajstić information content (AvgIpc) is 2.83. The van der Waals surface area contributed by atoms with E-state index in [0.29, 0.717) is 19.3 Å². The van der Waals surface area contributed by atoms with Crippen molar-refractivity contribution in [2.75, 3.05) is 0 Å². The van der Waals surface area contributed by atoms with Crippen LogP contribution in [0, 0.1) is 0 Å². The van der Waals surface area contributed by atoms with Crippen molar-refractivity contribution < 1.29 is 0 Å². The topological polar surface area (TPSA) is 66.0 Å². The van der Waals surface area contributed by atoms with Gasteiger partial charge in [0.25, 0.3) is 0 Å². The van der Waals surface area contributed by atoms with Gasteiger partial charge in [-0.3, -0.25) is 0 Å². The number of halogens is 15. The molecule has 0 saturated heterocycles. The second-order valence-electron chi connectivity index (χ2n) is 9.12. The van der Waals surface area contributed by atoms with E-state index in [4.69, 9.17) is 0 Å². The molecule has 0 spiro atoms. The monoisotopic (exact) mass is 1550 g/mol. The van der Waals surface area contributed by atoms with Crippen LogP contribution in [-0.2, 0) is 10.1 Å². The maximum atomic E-state index is 14.5. The molecule has 1 rings (SSSR count). The lowest BCUT2D eigenvalue weighted by atomic mass is 10.2. The minimum atomic E-state index is -1.62. The van der Waals surface area contributed by atoms with Crippen LogP contribution in [0.2, 0.25) is 0 Å². The van der Waals surface area contributed by atoms with Crippen LogP contribution >= 0.6 is 239 Å². The Bertz CT molecular complexity index is 1090. The molecule has 0 aromatic carbocycles. The molecule has 42 heavy (non-hydrogen) atoms. The van der Waals surface area contributed by atoms with Crippen LogP contribution in [0.15, 0.2) is 14.4 Å². The highest BCUT2D eigenvalue weighted by molar-refractivity contribution is 9.31. The Kier molecular flexibility index (Phi) is 18.9. The van der Waals surface area contributed by atoms with Crippen molar-refractivity contribution in [3.63, 3.8) is 0 Å². The first-order valence-electron chi connectivity index (χ1n) is 12.0. The van der Waals surface area contributed by atoms with Gasteiger partial charge in [-0.05, 0) is 115 Å². The van der Waals surface area contributed by atoms with E-state index in [-0.39, 0.29) is 14.5 Å². The molecule has 0 aliphatic carbocycles. The van der Waals surface area contributed by atoms with Crippen LogP contribution in [0.3, 0.4) is 0 Å². The van der Waals surface area contributed by atoms with Crippen molar-refractivity contribution in [2.45, 2.75) is 93.6 Å². The van der Waals surface area contributed by atoms with Gasteiger partial charge in [-0.25, -0.2) is 28.1 Å². The van der Waals surface area contributed by atoms with Crippen molar-refractivity contribution in [3.8, 4) is 0 Å². The van der Waals surface area contributed by atoms with E-state index in [2.05, 4.69) is 239 Å². The number of hydrogen-bond donors (Lipinski definition) is 0. The molecule has 21 heteroatoms. The largest absolute Gasteiger partial charge is 0.340 e. The van der Waals surface area contributed by atoms with Gasteiger partial charge < -0.3 is 0 Å². The Labute approximate surface area is 371 Å². The first kappa shape index (κ1) is 45.6. The lowest BCUT2D eigenvalue weighted by Crippen LogP contribution is -2.68. The normalized spacial score (nSPS) is 16.4. The summed E-state index contributed by atoms with van der Waals surface area (Å²) in [5.41, 5.74) is -2.80. The van der Waals surface area contributed by atoms with E-state index in [1.165, 1.54) is 0 Å². The zero-order valence-electron chi connectivity index (χ0n) is 21.7. The summed E-state index contributed by atoms with van der Waals surface area (Å²) in [6, 6.07) is 0. The molecule has 6 nitrogen and oxygen atoms in total. The molecule has 0 amide bonds. The molecule has 1 heterocycles. The van der Waals surface area contributed by atoms with Gasteiger partial charge in [0.1, 0.15) is 9.70 Å². The van der Waals surface area contributed by atoms with E-state index in [0.717, 1.165) is 33.0 Å². The predicted molar refractivity (Wildman–Crippen MR) is 231 cm³/mol. The molecular formula is C21H24Br15N3O3. The van der Waals surface area contributed by atoms with E-state index in [1.54, 1.807) is 0 Å². The van der Waals surface area contributed by atoms with Crippen molar-refractivity contribution in [1.29, 1.82) is 0 Å². The van der Waals surface area contributed by atoms with Crippen LogP contribution in [0.25, 0.3) is 0 Å². The molecule has 0 aliphatic rings. The molecule has 1 aromatic rings. The lowest BCUT2D eigenvalue weighted by molar-refractivity contribution is 0.385. The molecule has 0 bridgehead atoms. The van der Waals surface area contributed by atoms with Crippen molar-refractivity contribution >= 4 is 239 Å². The third kappa shape index (κ3) is 8.79. The van der Waals surface area contributed by atoms with Crippen LogP contribution in [0.1, 0.15) is 59.3 Å². The molecule has 1 aromatic heterocycles. The summed E-state index contributed by atoms with van der Waals surface area (Å²) >= 11 is 54.9. The third-order valence-corrected chi connectivity index (χ3v) is 32.1. The minimum Gasteiger partial charge on any atom is -0.247 e. The molecule has 0 N–H and O–H groups in total. The second-order valence-corrected chi connectivity index (χ2v) is 33.2. The van der Waals surface area contributed by atoms with Crippen molar-refractivity contribution in [2.24, 2.45) is 0 Å². The summed E-state index contributed by atoms with van der Waals surface area (Å²) in [5.74, 6) is 0. The van der Waals surface area contributed by atoms with Gasteiger partial charge in [0.05, 0.1) is 0 Å². The van der Waals surface area contributed by atoms with Crippen molar-refractivity contribution in [1.82, 2.24) is 13.7 Å². The minimum absolute atomic E-state index is 0.296.